The molecule has 44 heavy (non-hydrogen) atoms. The van der Waals surface area contributed by atoms with E-state index in [1.54, 1.807) is 32.8 Å². The summed E-state index contributed by atoms with van der Waals surface area (Å²) in [6.07, 6.45) is 5.12. The molecule has 220 valence electrons. The second kappa shape index (κ2) is 11.3. The number of anilines is 1. The highest BCUT2D eigenvalue weighted by Crippen LogP contribution is 2.54. The largest absolute Gasteiger partial charge is 0.493 e. The molecular formula is C34H30N5O4P. The fourth-order valence-electron chi connectivity index (χ4n) is 5.59. The number of nitrogen functional groups attached to an aromatic ring is 1. The van der Waals surface area contributed by atoms with Gasteiger partial charge in [-0.1, -0.05) is 36.4 Å². The molecule has 10 heteroatoms. The van der Waals surface area contributed by atoms with E-state index in [0.29, 0.717) is 41.9 Å². The summed E-state index contributed by atoms with van der Waals surface area (Å²) in [5, 5.41) is 4.12. The van der Waals surface area contributed by atoms with Crippen molar-refractivity contribution >= 4 is 45.4 Å². The van der Waals surface area contributed by atoms with Crippen LogP contribution in [0.4, 0.5) is 5.82 Å². The van der Waals surface area contributed by atoms with Crippen molar-refractivity contribution in [3.05, 3.63) is 104 Å². The minimum Gasteiger partial charge on any atom is -0.493 e. The van der Waals surface area contributed by atoms with Gasteiger partial charge in [0.05, 0.1) is 37.7 Å². The highest BCUT2D eigenvalue weighted by molar-refractivity contribution is 7.76. The van der Waals surface area contributed by atoms with Crippen molar-refractivity contribution in [1.82, 2.24) is 19.6 Å². The summed E-state index contributed by atoms with van der Waals surface area (Å²) < 4.78 is 33.8. The molecule has 1 aliphatic heterocycles. The van der Waals surface area contributed by atoms with Gasteiger partial charge in [-0.05, 0) is 47.9 Å². The zero-order chi connectivity index (χ0) is 30.3. The molecule has 3 aromatic heterocycles. The van der Waals surface area contributed by atoms with Gasteiger partial charge in [-0.3, -0.25) is 14.5 Å². The quantitative estimate of drug-likeness (QED) is 0.131. The van der Waals surface area contributed by atoms with Gasteiger partial charge in [-0.15, -0.1) is 0 Å². The Bertz CT molecular complexity index is 2000. The molecule has 7 rings (SSSR count). The molecule has 1 fully saturated rings. The third-order valence-electron chi connectivity index (χ3n) is 7.92. The van der Waals surface area contributed by atoms with Gasteiger partial charge in [0.25, 0.3) is 0 Å². The van der Waals surface area contributed by atoms with Crippen LogP contribution < -0.4 is 30.6 Å². The Hall–Kier alpha value is -4.98. The number of methoxy groups -OCH3 is 2. The first-order chi connectivity index (χ1) is 21.5. The monoisotopic (exact) mass is 603 g/mol. The van der Waals surface area contributed by atoms with E-state index in [9.17, 15) is 4.57 Å². The van der Waals surface area contributed by atoms with Gasteiger partial charge in [-0.25, -0.2) is 9.65 Å². The first-order valence-corrected chi connectivity index (χ1v) is 15.8. The van der Waals surface area contributed by atoms with Crippen LogP contribution in [0.25, 0.3) is 32.9 Å². The average molecular weight is 604 g/mol. The zero-order valence-corrected chi connectivity index (χ0v) is 25.1. The molecule has 0 bridgehead atoms. The van der Waals surface area contributed by atoms with Crippen LogP contribution in [0.3, 0.4) is 0 Å². The SMILES string of the molecule is COc1cc2ncc3c(N)nc(-c4cncc(OC[C@H]5CN5P(=O)(c5ccccc5)c5ccccc5)c4)cc3c2cc1OC. The Morgan fingerprint density at radius 1 is 0.841 bits per heavy atom. The lowest BCUT2D eigenvalue weighted by molar-refractivity contribution is 0.309. The van der Waals surface area contributed by atoms with Gasteiger partial charge in [-0.2, -0.15) is 0 Å². The lowest BCUT2D eigenvalue weighted by Gasteiger charge is -2.21. The second-order valence-electron chi connectivity index (χ2n) is 10.6. The molecule has 1 aliphatic rings. The highest BCUT2D eigenvalue weighted by Gasteiger charge is 2.49. The lowest BCUT2D eigenvalue weighted by atomic mass is 10.0. The molecular weight excluding hydrogens is 573 g/mol. The predicted octanol–water partition coefficient (Wildman–Crippen LogP) is 5.44. The van der Waals surface area contributed by atoms with Crippen LogP contribution in [0.1, 0.15) is 0 Å². The molecule has 0 saturated carbocycles. The summed E-state index contributed by atoms with van der Waals surface area (Å²) in [6.45, 7) is 1.05. The molecule has 2 atom stereocenters. The predicted molar refractivity (Wildman–Crippen MR) is 174 cm³/mol. The molecule has 2 N–H and O–H groups in total. The van der Waals surface area contributed by atoms with Gasteiger partial charge >= 0.3 is 0 Å². The van der Waals surface area contributed by atoms with Crippen molar-refractivity contribution < 1.29 is 18.8 Å². The molecule has 4 heterocycles. The first-order valence-electron chi connectivity index (χ1n) is 14.2. The summed E-state index contributed by atoms with van der Waals surface area (Å²) >= 11 is 0. The van der Waals surface area contributed by atoms with Crippen LogP contribution in [-0.4, -0.2) is 53.0 Å². The molecule has 6 aromatic rings. The maximum atomic E-state index is 14.6. The van der Waals surface area contributed by atoms with Crippen molar-refractivity contribution in [2.24, 2.45) is 0 Å². The molecule has 1 saturated heterocycles. The number of benzene rings is 3. The van der Waals surface area contributed by atoms with Crippen LogP contribution in [0.5, 0.6) is 17.2 Å². The molecule has 0 amide bonds. The van der Waals surface area contributed by atoms with E-state index in [1.807, 2.05) is 89.6 Å². The average Bonchev–Trinajstić information content (AvgIpc) is 3.87. The third kappa shape index (κ3) is 4.90. The Labute approximate surface area is 254 Å². The van der Waals surface area contributed by atoms with E-state index in [1.165, 1.54) is 0 Å². The second-order valence-corrected chi connectivity index (χ2v) is 13.3. The van der Waals surface area contributed by atoms with Crippen LogP contribution in [0, 0.1) is 0 Å². The first kappa shape index (κ1) is 27.8. The minimum absolute atomic E-state index is 0.00479. The van der Waals surface area contributed by atoms with E-state index >= 15 is 0 Å². The maximum Gasteiger partial charge on any atom is 0.207 e. The van der Waals surface area contributed by atoms with Crippen LogP contribution >= 0.6 is 7.29 Å². The summed E-state index contributed by atoms with van der Waals surface area (Å²) in [7, 11) is 0.209. The lowest BCUT2D eigenvalue weighted by Crippen LogP contribution is -2.23. The Kier molecular flexibility index (Phi) is 7.12. The molecule has 0 radical (unpaired) electrons. The number of nitrogens with zero attached hydrogens (tertiary/aromatic N) is 4. The number of hydrogen-bond donors (Lipinski definition) is 1. The van der Waals surface area contributed by atoms with E-state index in [0.717, 1.165) is 37.8 Å². The third-order valence-corrected chi connectivity index (χ3v) is 11.1. The number of rotatable bonds is 9. The summed E-state index contributed by atoms with van der Waals surface area (Å²) in [5.41, 5.74) is 8.58. The van der Waals surface area contributed by atoms with E-state index in [-0.39, 0.29) is 6.04 Å². The molecule has 1 unspecified atom stereocenters. The standard InChI is InChI=1S/C34H30N5O4P/c1-41-32-15-28-27-14-30(38-34(35)29(27)19-37-31(28)16-33(32)42-2)22-13-24(18-36-17-22)43-21-23-20-39(23)44(40,25-9-5-3-6-10-25)26-11-7-4-8-12-26/h3-19,23H,20-21H2,1-2H3,(H2,35,38)/t23-,39?/m1/s1. The van der Waals surface area contributed by atoms with E-state index in [4.69, 9.17) is 19.9 Å². The Morgan fingerprint density at radius 2 is 1.52 bits per heavy atom. The van der Waals surface area contributed by atoms with Crippen molar-refractivity contribution in [3.8, 4) is 28.5 Å². The van der Waals surface area contributed by atoms with Crippen molar-refractivity contribution in [3.63, 3.8) is 0 Å². The summed E-state index contributed by atoms with van der Waals surface area (Å²) in [6, 6.07) is 26.9. The molecule has 3 aromatic carbocycles. The zero-order valence-electron chi connectivity index (χ0n) is 24.3. The van der Waals surface area contributed by atoms with Crippen LogP contribution in [-0.2, 0) is 4.57 Å². The summed E-state index contributed by atoms with van der Waals surface area (Å²) in [4.78, 5) is 13.6. The topological polar surface area (TPSA) is 112 Å². The van der Waals surface area contributed by atoms with Crippen molar-refractivity contribution in [1.29, 1.82) is 0 Å². The van der Waals surface area contributed by atoms with Crippen LogP contribution in [0.15, 0.2) is 104 Å². The number of nitrogens with two attached hydrogens (primary N) is 1. The Morgan fingerprint density at radius 3 is 2.20 bits per heavy atom. The van der Waals surface area contributed by atoms with Gasteiger partial charge in [0.1, 0.15) is 18.2 Å². The number of pyridine rings is 3. The fourth-order valence-corrected chi connectivity index (χ4v) is 8.58. The van der Waals surface area contributed by atoms with Gasteiger partial charge in [0, 0.05) is 51.9 Å². The Balaban J connectivity index is 1.16. The van der Waals surface area contributed by atoms with Gasteiger partial charge < -0.3 is 19.9 Å². The normalized spacial score (nSPS) is 16.1. The summed E-state index contributed by atoms with van der Waals surface area (Å²) in [5.74, 6) is 2.15. The number of aromatic nitrogens is 3. The molecule has 9 nitrogen and oxygen atoms in total. The highest BCUT2D eigenvalue weighted by atomic mass is 31.2. The van der Waals surface area contributed by atoms with E-state index < -0.39 is 7.29 Å². The number of ether oxygens (including phenoxy) is 3. The number of hydrogen-bond acceptors (Lipinski definition) is 8. The number of fused-ring (bicyclic) bond motifs is 3. The molecule has 0 aliphatic carbocycles. The molecule has 0 spiro atoms. The van der Waals surface area contributed by atoms with Gasteiger partial charge in [0.2, 0.25) is 7.29 Å². The fraction of sp³-hybridized carbons (Fsp3) is 0.147. The maximum absolute atomic E-state index is 14.6. The van der Waals surface area contributed by atoms with Crippen molar-refractivity contribution in [2.45, 2.75) is 6.04 Å². The van der Waals surface area contributed by atoms with Crippen molar-refractivity contribution in [2.75, 3.05) is 33.1 Å². The smallest absolute Gasteiger partial charge is 0.207 e. The van der Waals surface area contributed by atoms with Gasteiger partial charge in [0.15, 0.2) is 11.5 Å². The van der Waals surface area contributed by atoms with Crippen LogP contribution in [0.2, 0.25) is 0 Å². The minimum atomic E-state index is -2.99. The van der Waals surface area contributed by atoms with E-state index in [2.05, 4.69) is 15.0 Å².